The van der Waals surface area contributed by atoms with Gasteiger partial charge in [0.05, 0.1) is 12.3 Å². The third kappa shape index (κ3) is 3.14. The average Bonchev–Trinajstić information content (AvgIpc) is 2.98. The van der Waals surface area contributed by atoms with Crippen LogP contribution in [0.15, 0.2) is 17.2 Å². The second-order valence-corrected chi connectivity index (χ2v) is 7.86. The van der Waals surface area contributed by atoms with E-state index >= 15 is 0 Å². The first kappa shape index (κ1) is 18.9. The van der Waals surface area contributed by atoms with Crippen molar-refractivity contribution in [1.29, 1.82) is 0 Å². The van der Waals surface area contributed by atoms with E-state index in [1.165, 1.54) is 28.7 Å². The van der Waals surface area contributed by atoms with Crippen molar-refractivity contribution in [2.75, 3.05) is 6.61 Å². The van der Waals surface area contributed by atoms with E-state index in [9.17, 15) is 14.3 Å². The molecule has 7 heteroatoms. The van der Waals surface area contributed by atoms with Crippen LogP contribution in [0.1, 0.15) is 60.3 Å². The number of ether oxygens (including phenoxy) is 1. The number of nitrogens with zero attached hydrogens (tertiary/aromatic N) is 2. The van der Waals surface area contributed by atoms with Crippen LogP contribution in [0, 0.1) is 12.7 Å². The summed E-state index contributed by atoms with van der Waals surface area (Å²) >= 11 is 1.48. The fraction of sp³-hybridized carbons (Fsp3) is 0.474. The predicted octanol–water partition coefficient (Wildman–Crippen LogP) is 4.25. The smallest absolute Gasteiger partial charge is 0.220 e. The van der Waals surface area contributed by atoms with Crippen LogP contribution >= 0.6 is 11.8 Å². The number of thioether (sulfide) groups is 1. The molecule has 0 saturated heterocycles. The monoisotopic (exact) mass is 378 g/mol. The quantitative estimate of drug-likeness (QED) is 0.788. The number of aryl methyl sites for hydroxylation is 1. The number of carbonyl (C=O) groups excluding carboxylic acids is 1. The molecule has 1 aromatic carbocycles. The Labute approximate surface area is 156 Å². The highest BCUT2D eigenvalue weighted by molar-refractivity contribution is 8.00. The lowest BCUT2D eigenvalue weighted by Crippen LogP contribution is -2.20. The van der Waals surface area contributed by atoms with Gasteiger partial charge in [-0.05, 0) is 38.8 Å². The highest BCUT2D eigenvalue weighted by Gasteiger charge is 2.33. The Kier molecular flexibility index (Phi) is 5.39. The molecule has 1 aromatic heterocycles. The summed E-state index contributed by atoms with van der Waals surface area (Å²) in [5.41, 5.74) is 1.78. The van der Waals surface area contributed by atoms with E-state index in [0.717, 1.165) is 12.0 Å². The lowest BCUT2D eigenvalue weighted by atomic mass is 9.91. The summed E-state index contributed by atoms with van der Waals surface area (Å²) in [5, 5.41) is 14.4. The highest BCUT2D eigenvalue weighted by Crippen LogP contribution is 2.46. The first-order valence-electron chi connectivity index (χ1n) is 8.79. The van der Waals surface area contributed by atoms with Crippen LogP contribution < -0.4 is 0 Å². The van der Waals surface area contributed by atoms with Crippen LogP contribution in [0.2, 0.25) is 0 Å². The molecule has 2 heterocycles. The summed E-state index contributed by atoms with van der Waals surface area (Å²) in [6.45, 7) is 8.54. The van der Waals surface area contributed by atoms with Crippen molar-refractivity contribution < 1.29 is 19.0 Å². The second kappa shape index (κ2) is 7.40. The van der Waals surface area contributed by atoms with Crippen molar-refractivity contribution in [2.24, 2.45) is 0 Å². The molecule has 0 aliphatic carbocycles. The third-order valence-electron chi connectivity index (χ3n) is 4.70. The van der Waals surface area contributed by atoms with Crippen molar-refractivity contribution in [3.05, 3.63) is 40.3 Å². The lowest BCUT2D eigenvalue weighted by Gasteiger charge is -2.31. The van der Waals surface area contributed by atoms with Crippen molar-refractivity contribution in [3.8, 4) is 5.88 Å². The van der Waals surface area contributed by atoms with Crippen LogP contribution in [-0.4, -0.2) is 32.5 Å². The van der Waals surface area contributed by atoms with E-state index in [4.69, 9.17) is 4.74 Å². The molecule has 0 fully saturated rings. The minimum atomic E-state index is -0.430. The third-order valence-corrected chi connectivity index (χ3v) is 5.94. The first-order valence-corrected chi connectivity index (χ1v) is 9.67. The van der Waals surface area contributed by atoms with Gasteiger partial charge in [0.1, 0.15) is 11.4 Å². The summed E-state index contributed by atoms with van der Waals surface area (Å²) in [6.07, 6.45) is 1.86. The van der Waals surface area contributed by atoms with Gasteiger partial charge in [0.2, 0.25) is 5.88 Å². The van der Waals surface area contributed by atoms with Gasteiger partial charge in [0, 0.05) is 34.4 Å². The molecule has 1 N–H and O–H groups in total. The number of hydrogen-bond acceptors (Lipinski definition) is 5. The Morgan fingerprint density at radius 2 is 2.19 bits per heavy atom. The molecule has 0 amide bonds. The summed E-state index contributed by atoms with van der Waals surface area (Å²) in [6, 6.07) is 1.27. The molecule has 26 heavy (non-hydrogen) atoms. The first-order chi connectivity index (χ1) is 12.4. The van der Waals surface area contributed by atoms with Crippen LogP contribution in [0.5, 0.6) is 5.88 Å². The van der Waals surface area contributed by atoms with Gasteiger partial charge in [-0.2, -0.15) is 5.10 Å². The maximum atomic E-state index is 14.8. The zero-order valence-electron chi connectivity index (χ0n) is 15.4. The molecule has 1 aliphatic rings. The lowest BCUT2D eigenvalue weighted by molar-refractivity contribution is 0.0523. The molecule has 5 nitrogen and oxygen atoms in total. The van der Waals surface area contributed by atoms with Gasteiger partial charge in [-0.15, -0.1) is 11.8 Å². The standard InChI is InChI=1S/C19H23FN2O3S/c1-5-22-19(24)13(9-21-22)17(23)12-8-14(20)18-16(11(12)4)15(25-6-2)7-10(3)26-18/h8-10,15,24H,5-7H2,1-4H3. The highest BCUT2D eigenvalue weighted by atomic mass is 32.2. The van der Waals surface area contributed by atoms with Crippen LogP contribution in [0.4, 0.5) is 4.39 Å². The van der Waals surface area contributed by atoms with Crippen LogP contribution in [0.25, 0.3) is 0 Å². The van der Waals surface area contributed by atoms with Crippen molar-refractivity contribution in [2.45, 2.75) is 56.9 Å². The average molecular weight is 378 g/mol. The van der Waals surface area contributed by atoms with Crippen LogP contribution in [-0.2, 0) is 11.3 Å². The minimum absolute atomic E-state index is 0.0825. The van der Waals surface area contributed by atoms with Crippen molar-refractivity contribution >= 4 is 17.5 Å². The zero-order valence-corrected chi connectivity index (χ0v) is 16.2. The molecular formula is C19H23FN2O3S. The summed E-state index contributed by atoms with van der Waals surface area (Å²) in [4.78, 5) is 13.5. The van der Waals surface area contributed by atoms with Crippen molar-refractivity contribution in [3.63, 3.8) is 0 Å². The minimum Gasteiger partial charge on any atom is -0.493 e. The molecule has 0 radical (unpaired) electrons. The van der Waals surface area contributed by atoms with Gasteiger partial charge < -0.3 is 9.84 Å². The van der Waals surface area contributed by atoms with Gasteiger partial charge >= 0.3 is 0 Å². The molecule has 0 spiro atoms. The molecule has 0 saturated carbocycles. The molecule has 1 aliphatic heterocycles. The number of carbonyl (C=O) groups is 1. The van der Waals surface area contributed by atoms with E-state index < -0.39 is 11.6 Å². The molecule has 140 valence electrons. The molecule has 2 unspecified atom stereocenters. The molecule has 2 atom stereocenters. The van der Waals surface area contributed by atoms with Crippen LogP contribution in [0.3, 0.4) is 0 Å². The van der Waals surface area contributed by atoms with E-state index in [1.54, 1.807) is 0 Å². The number of halogens is 1. The number of fused-ring (bicyclic) bond motifs is 1. The summed E-state index contributed by atoms with van der Waals surface area (Å²) < 4.78 is 22.0. The Morgan fingerprint density at radius 1 is 1.46 bits per heavy atom. The maximum absolute atomic E-state index is 14.8. The van der Waals surface area contributed by atoms with Gasteiger partial charge in [-0.1, -0.05) is 6.92 Å². The summed E-state index contributed by atoms with van der Waals surface area (Å²) in [5.74, 6) is -1.04. The number of hydrogen-bond donors (Lipinski definition) is 1. The molecule has 0 bridgehead atoms. The Hall–Kier alpha value is -1.86. The van der Waals surface area contributed by atoms with E-state index in [0.29, 0.717) is 23.6 Å². The van der Waals surface area contributed by atoms with Gasteiger partial charge in [-0.3, -0.25) is 4.79 Å². The van der Waals surface area contributed by atoms with Gasteiger partial charge in [-0.25, -0.2) is 9.07 Å². The fourth-order valence-electron chi connectivity index (χ4n) is 3.42. The largest absolute Gasteiger partial charge is 0.493 e. The Bertz CT molecular complexity index is 850. The molecular weight excluding hydrogens is 355 g/mol. The van der Waals surface area contributed by atoms with E-state index in [1.807, 2.05) is 27.7 Å². The molecule has 2 aromatic rings. The number of rotatable bonds is 5. The topological polar surface area (TPSA) is 64.3 Å². The van der Waals surface area contributed by atoms with E-state index in [-0.39, 0.29) is 28.4 Å². The fourth-order valence-corrected chi connectivity index (χ4v) is 4.68. The normalized spacial score (nSPS) is 19.4. The number of ketones is 1. The van der Waals surface area contributed by atoms with Gasteiger partial charge in [0.15, 0.2) is 5.78 Å². The molecule has 3 rings (SSSR count). The summed E-state index contributed by atoms with van der Waals surface area (Å²) in [7, 11) is 0. The van der Waals surface area contributed by atoms with Crippen molar-refractivity contribution in [1.82, 2.24) is 9.78 Å². The Balaban J connectivity index is 2.12. The Morgan fingerprint density at radius 3 is 2.81 bits per heavy atom. The van der Waals surface area contributed by atoms with Gasteiger partial charge in [0.25, 0.3) is 0 Å². The number of aromatic nitrogens is 2. The van der Waals surface area contributed by atoms with E-state index in [2.05, 4.69) is 5.10 Å². The zero-order chi connectivity index (χ0) is 19.0. The SMILES string of the molecule is CCOC1CC(C)Sc2c(F)cc(C(=O)c3cnn(CC)c3O)c(C)c21. The maximum Gasteiger partial charge on any atom is 0.220 e. The number of benzene rings is 1. The predicted molar refractivity (Wildman–Crippen MR) is 98.4 cm³/mol. The second-order valence-electron chi connectivity index (χ2n) is 6.41. The number of aromatic hydroxyl groups is 1.